The van der Waals surface area contributed by atoms with E-state index in [1.54, 1.807) is 30.3 Å². The molecule has 0 aliphatic carbocycles. The normalized spacial score (nSPS) is 11.8. The van der Waals surface area contributed by atoms with Crippen LogP contribution in [0.3, 0.4) is 0 Å². The molecule has 0 unspecified atom stereocenters. The van der Waals surface area contributed by atoms with Crippen LogP contribution < -0.4 is 4.74 Å². The summed E-state index contributed by atoms with van der Waals surface area (Å²) in [6.45, 7) is 0.550. The summed E-state index contributed by atoms with van der Waals surface area (Å²) >= 11 is 0. The number of rotatable bonds is 14. The quantitative estimate of drug-likeness (QED) is 0.103. The number of hydrogen-bond donors (Lipinski definition) is 0. The lowest BCUT2D eigenvalue weighted by molar-refractivity contribution is -0.153. The number of halogens is 7. The van der Waals surface area contributed by atoms with E-state index in [0.717, 1.165) is 43.4 Å². The molecule has 8 heteroatoms. The van der Waals surface area contributed by atoms with E-state index in [1.165, 1.54) is 24.6 Å². The van der Waals surface area contributed by atoms with Gasteiger partial charge in [0.25, 0.3) is 0 Å². The Morgan fingerprint density at radius 2 is 1.26 bits per heavy atom. The summed E-state index contributed by atoms with van der Waals surface area (Å²) in [6, 6.07) is 15.1. The average Bonchev–Trinajstić information content (AvgIpc) is 2.95. The van der Waals surface area contributed by atoms with Crippen LogP contribution in [0, 0.1) is 23.3 Å². The summed E-state index contributed by atoms with van der Waals surface area (Å²) in [5.74, 6) is -2.91. The fraction of sp³-hybridized carbons (Fsp3) is 0.371. The second kappa shape index (κ2) is 14.8. The number of hydrogen-bond acceptors (Lipinski definition) is 1. The third-order valence-electron chi connectivity index (χ3n) is 7.60. The predicted molar refractivity (Wildman–Crippen MR) is 155 cm³/mol. The highest BCUT2D eigenvalue weighted by molar-refractivity contribution is 5.84. The van der Waals surface area contributed by atoms with Crippen molar-refractivity contribution < 1.29 is 35.5 Å². The molecule has 0 saturated carbocycles. The van der Waals surface area contributed by atoms with Gasteiger partial charge >= 0.3 is 6.18 Å². The van der Waals surface area contributed by atoms with Crippen molar-refractivity contribution >= 4 is 10.8 Å². The van der Waals surface area contributed by atoms with Gasteiger partial charge in [-0.05, 0) is 90.4 Å². The summed E-state index contributed by atoms with van der Waals surface area (Å²) in [5.41, 5.74) is 2.44. The predicted octanol–water partition coefficient (Wildman–Crippen LogP) is 10.4. The smallest absolute Gasteiger partial charge is 0.422 e. The maximum atomic E-state index is 15.3. The van der Waals surface area contributed by atoms with Gasteiger partial charge in [-0.1, -0.05) is 69.0 Å². The van der Waals surface area contributed by atoms with E-state index >= 15 is 4.39 Å². The molecule has 230 valence electrons. The van der Waals surface area contributed by atoms with Crippen molar-refractivity contribution in [2.45, 2.75) is 77.3 Å². The second-order valence-electron chi connectivity index (χ2n) is 11.0. The lowest BCUT2D eigenvalue weighted by atomic mass is 9.96. The molecule has 4 aromatic rings. The first-order valence-electron chi connectivity index (χ1n) is 14.7. The Labute approximate surface area is 247 Å². The van der Waals surface area contributed by atoms with Gasteiger partial charge < -0.3 is 4.74 Å². The Morgan fingerprint density at radius 3 is 1.95 bits per heavy atom. The fourth-order valence-electron chi connectivity index (χ4n) is 5.23. The zero-order valence-electron chi connectivity index (χ0n) is 24.1. The largest absolute Gasteiger partial charge is 0.481 e. The molecule has 0 spiro atoms. The standard InChI is InChI=1S/C35H35F7O/c1-2-3-4-5-6-7-25-20-30(36)29(31(37)21-25)16-10-23-9-15-28-27(18-23)14-13-26(34(28)39)12-8-24-11-17-33(32(38)19-24)43-22-35(40,41)42/h9,11,13-15,17-21H,2-8,10,12,16,22H2,1H3. The first-order chi connectivity index (χ1) is 20.5. The summed E-state index contributed by atoms with van der Waals surface area (Å²) in [6.07, 6.45) is 2.55. The molecule has 4 rings (SSSR count). The molecule has 0 bridgehead atoms. The molecule has 0 heterocycles. The molecule has 0 aromatic heterocycles. The van der Waals surface area contributed by atoms with Crippen LogP contribution in [0.5, 0.6) is 5.75 Å². The first kappa shape index (κ1) is 32.4. The molecule has 0 amide bonds. The van der Waals surface area contributed by atoms with Crippen molar-refractivity contribution in [1.29, 1.82) is 0 Å². The summed E-state index contributed by atoms with van der Waals surface area (Å²) < 4.78 is 100. The second-order valence-corrected chi connectivity index (χ2v) is 11.0. The highest BCUT2D eigenvalue weighted by Gasteiger charge is 2.29. The Kier molecular flexibility index (Phi) is 11.1. The van der Waals surface area contributed by atoms with Crippen LogP contribution in [0.15, 0.2) is 60.7 Å². The summed E-state index contributed by atoms with van der Waals surface area (Å²) in [7, 11) is 0. The molecule has 0 fully saturated rings. The lowest BCUT2D eigenvalue weighted by Gasteiger charge is -2.12. The molecule has 0 radical (unpaired) electrons. The van der Waals surface area contributed by atoms with E-state index in [-0.39, 0.29) is 24.8 Å². The van der Waals surface area contributed by atoms with E-state index in [1.807, 2.05) is 0 Å². The van der Waals surface area contributed by atoms with Gasteiger partial charge in [0.05, 0.1) is 0 Å². The van der Waals surface area contributed by atoms with Gasteiger partial charge in [0, 0.05) is 10.9 Å². The van der Waals surface area contributed by atoms with Crippen molar-refractivity contribution in [2.75, 3.05) is 6.61 Å². The number of benzene rings is 4. The summed E-state index contributed by atoms with van der Waals surface area (Å²) in [5, 5.41) is 1.04. The molecular weight excluding hydrogens is 569 g/mol. The van der Waals surface area contributed by atoms with Crippen molar-refractivity contribution in [2.24, 2.45) is 0 Å². The molecule has 0 aliphatic heterocycles. The van der Waals surface area contributed by atoms with Crippen molar-refractivity contribution in [3.05, 3.63) is 112 Å². The highest BCUT2D eigenvalue weighted by atomic mass is 19.4. The Balaban J connectivity index is 1.36. The van der Waals surface area contributed by atoms with Crippen LogP contribution in [0.25, 0.3) is 10.8 Å². The molecule has 0 aliphatic rings. The molecule has 0 atom stereocenters. The zero-order valence-corrected chi connectivity index (χ0v) is 24.1. The van der Waals surface area contributed by atoms with Crippen LogP contribution in [0.4, 0.5) is 30.7 Å². The van der Waals surface area contributed by atoms with Crippen molar-refractivity contribution in [1.82, 2.24) is 0 Å². The van der Waals surface area contributed by atoms with Gasteiger partial charge in [0.15, 0.2) is 18.2 Å². The van der Waals surface area contributed by atoms with Gasteiger partial charge in [-0.25, -0.2) is 17.6 Å². The summed E-state index contributed by atoms with van der Waals surface area (Å²) in [4.78, 5) is 0. The van der Waals surface area contributed by atoms with Gasteiger partial charge in [0.2, 0.25) is 0 Å². The average molecular weight is 605 g/mol. The van der Waals surface area contributed by atoms with Crippen LogP contribution in [-0.2, 0) is 32.1 Å². The minimum absolute atomic E-state index is 0.0488. The van der Waals surface area contributed by atoms with Crippen molar-refractivity contribution in [3.63, 3.8) is 0 Å². The molecule has 1 nitrogen and oxygen atoms in total. The number of aryl methyl sites for hydroxylation is 4. The zero-order chi connectivity index (χ0) is 31.0. The molecular formula is C35H35F7O. The Morgan fingerprint density at radius 1 is 0.605 bits per heavy atom. The van der Waals surface area contributed by atoms with Crippen LogP contribution >= 0.6 is 0 Å². The van der Waals surface area contributed by atoms with Gasteiger partial charge in [0.1, 0.15) is 17.5 Å². The molecule has 0 N–H and O–H groups in total. The molecule has 4 aromatic carbocycles. The maximum absolute atomic E-state index is 15.3. The minimum atomic E-state index is -4.57. The monoisotopic (exact) mass is 604 g/mol. The minimum Gasteiger partial charge on any atom is -0.481 e. The van der Waals surface area contributed by atoms with E-state index in [0.29, 0.717) is 40.3 Å². The highest BCUT2D eigenvalue weighted by Crippen LogP contribution is 2.27. The van der Waals surface area contributed by atoms with Crippen LogP contribution in [-0.4, -0.2) is 12.8 Å². The van der Waals surface area contributed by atoms with Crippen LogP contribution in [0.2, 0.25) is 0 Å². The third-order valence-corrected chi connectivity index (χ3v) is 7.60. The lowest BCUT2D eigenvalue weighted by Crippen LogP contribution is -2.19. The maximum Gasteiger partial charge on any atom is 0.422 e. The van der Waals surface area contributed by atoms with E-state index in [4.69, 9.17) is 0 Å². The van der Waals surface area contributed by atoms with E-state index in [2.05, 4.69) is 11.7 Å². The Hall–Kier alpha value is -3.55. The van der Waals surface area contributed by atoms with Gasteiger partial charge in [-0.15, -0.1) is 0 Å². The topological polar surface area (TPSA) is 9.23 Å². The number of ether oxygens (including phenoxy) is 1. The first-order valence-corrected chi connectivity index (χ1v) is 14.7. The van der Waals surface area contributed by atoms with Gasteiger partial charge in [-0.3, -0.25) is 0 Å². The van der Waals surface area contributed by atoms with E-state index < -0.39 is 41.8 Å². The molecule has 0 saturated heterocycles. The SMILES string of the molecule is CCCCCCCc1cc(F)c(CCc2ccc3c(F)c(CCc4ccc(OCC(F)(F)F)c(F)c4)ccc3c2)c(F)c1. The van der Waals surface area contributed by atoms with Crippen LogP contribution in [0.1, 0.15) is 66.8 Å². The number of alkyl halides is 3. The fourth-order valence-corrected chi connectivity index (χ4v) is 5.23. The van der Waals surface area contributed by atoms with E-state index in [9.17, 15) is 26.3 Å². The number of unbranched alkanes of at least 4 members (excludes halogenated alkanes) is 4. The Bertz CT molecular complexity index is 1500. The van der Waals surface area contributed by atoms with Crippen molar-refractivity contribution in [3.8, 4) is 5.75 Å². The molecule has 43 heavy (non-hydrogen) atoms. The third kappa shape index (κ3) is 9.22. The number of fused-ring (bicyclic) bond motifs is 1. The van der Waals surface area contributed by atoms with Gasteiger partial charge in [-0.2, -0.15) is 13.2 Å².